The van der Waals surface area contributed by atoms with Crippen molar-refractivity contribution in [3.63, 3.8) is 0 Å². The van der Waals surface area contributed by atoms with Gasteiger partial charge < -0.3 is 10.1 Å². The summed E-state index contributed by atoms with van der Waals surface area (Å²) in [6.45, 7) is -0.267. The van der Waals surface area contributed by atoms with Gasteiger partial charge in [0, 0.05) is 6.07 Å². The van der Waals surface area contributed by atoms with E-state index >= 15 is 0 Å². The summed E-state index contributed by atoms with van der Waals surface area (Å²) in [5, 5.41) is 2.23. The molecule has 0 unspecified atom stereocenters. The van der Waals surface area contributed by atoms with Crippen LogP contribution in [0, 0.1) is 11.6 Å². The number of halogens is 2. The Morgan fingerprint density at radius 2 is 1.68 bits per heavy atom. The molecule has 3 rings (SSSR count). The number of carbonyl (C=O) groups is 1. The number of hydrogen-bond acceptors (Lipinski definition) is 4. The van der Waals surface area contributed by atoms with Gasteiger partial charge >= 0.3 is 0 Å². The zero-order valence-electron chi connectivity index (χ0n) is 16.6. The average molecular weight is 446 g/mol. The van der Waals surface area contributed by atoms with Crippen molar-refractivity contribution in [2.45, 2.75) is 6.54 Å². The molecule has 1 N–H and O–H groups in total. The van der Waals surface area contributed by atoms with Crippen molar-refractivity contribution in [2.75, 3.05) is 22.5 Å². The smallest absolute Gasteiger partial charge is 0.262 e. The fourth-order valence-corrected chi connectivity index (χ4v) is 3.67. The van der Waals surface area contributed by atoms with Gasteiger partial charge in [-0.2, -0.15) is 0 Å². The van der Waals surface area contributed by atoms with Crippen molar-refractivity contribution in [1.82, 2.24) is 0 Å². The van der Waals surface area contributed by atoms with Crippen molar-refractivity contribution >= 4 is 27.3 Å². The van der Waals surface area contributed by atoms with E-state index in [9.17, 15) is 22.0 Å². The molecule has 1 amide bonds. The second kappa shape index (κ2) is 9.57. The molecule has 0 aliphatic heterocycles. The standard InChI is InChI=1S/C22H20F2N2O4S/c1-31(28,29)26(14-16-5-3-2-4-6-16)18-8-10-19(11-9-18)30-15-22(27)25-21-13-17(23)7-12-20(21)24/h2-13H,14-15H2,1H3,(H,25,27). The number of carbonyl (C=O) groups excluding carboxylic acids is 1. The van der Waals surface area contributed by atoms with Gasteiger partial charge in [-0.25, -0.2) is 17.2 Å². The van der Waals surface area contributed by atoms with Crippen LogP contribution in [0.25, 0.3) is 0 Å². The van der Waals surface area contributed by atoms with Crippen molar-refractivity contribution in [2.24, 2.45) is 0 Å². The van der Waals surface area contributed by atoms with Gasteiger partial charge in [0.1, 0.15) is 17.4 Å². The Balaban J connectivity index is 1.64. The van der Waals surface area contributed by atoms with Crippen LogP contribution in [-0.2, 0) is 21.4 Å². The number of hydrogen-bond donors (Lipinski definition) is 1. The van der Waals surface area contributed by atoms with Gasteiger partial charge in [0.25, 0.3) is 5.91 Å². The molecular weight excluding hydrogens is 426 g/mol. The first-order valence-corrected chi connectivity index (χ1v) is 11.1. The SMILES string of the molecule is CS(=O)(=O)N(Cc1ccccc1)c1ccc(OCC(=O)Nc2cc(F)ccc2F)cc1. The summed E-state index contributed by atoms with van der Waals surface area (Å²) in [6.07, 6.45) is 1.12. The van der Waals surface area contributed by atoms with E-state index in [2.05, 4.69) is 5.32 Å². The molecule has 0 saturated heterocycles. The first-order chi connectivity index (χ1) is 14.7. The number of nitrogens with one attached hydrogen (secondary N) is 1. The predicted molar refractivity (Wildman–Crippen MR) is 114 cm³/mol. The number of nitrogens with zero attached hydrogens (tertiary/aromatic N) is 1. The lowest BCUT2D eigenvalue weighted by atomic mass is 10.2. The van der Waals surface area contributed by atoms with Crippen LogP contribution < -0.4 is 14.4 Å². The van der Waals surface area contributed by atoms with Crippen LogP contribution in [0.5, 0.6) is 5.75 Å². The molecule has 0 spiro atoms. The number of ether oxygens (including phenoxy) is 1. The van der Waals surface area contributed by atoms with E-state index in [0.717, 1.165) is 30.0 Å². The van der Waals surface area contributed by atoms with Crippen molar-refractivity contribution in [3.05, 3.63) is 90.0 Å². The third kappa shape index (κ3) is 6.26. The van der Waals surface area contributed by atoms with Crippen molar-refractivity contribution in [1.29, 1.82) is 0 Å². The molecule has 3 aromatic carbocycles. The van der Waals surface area contributed by atoms with E-state index in [0.29, 0.717) is 11.4 Å². The Morgan fingerprint density at radius 1 is 1.00 bits per heavy atom. The summed E-state index contributed by atoms with van der Waals surface area (Å²) in [5.74, 6) is -1.81. The predicted octanol–water partition coefficient (Wildman–Crippen LogP) is 3.95. The monoisotopic (exact) mass is 446 g/mol. The van der Waals surface area contributed by atoms with Crippen LogP contribution in [0.1, 0.15) is 5.56 Å². The molecule has 0 aliphatic rings. The van der Waals surface area contributed by atoms with Crippen LogP contribution in [0.2, 0.25) is 0 Å². The first kappa shape index (κ1) is 22.2. The van der Waals surface area contributed by atoms with Crippen LogP contribution in [0.4, 0.5) is 20.2 Å². The zero-order valence-corrected chi connectivity index (χ0v) is 17.4. The molecule has 6 nitrogen and oxygen atoms in total. The summed E-state index contributed by atoms with van der Waals surface area (Å²) in [6, 6.07) is 18.0. The third-order valence-electron chi connectivity index (χ3n) is 4.27. The number of rotatable bonds is 8. The molecule has 3 aromatic rings. The first-order valence-electron chi connectivity index (χ1n) is 9.22. The van der Waals surface area contributed by atoms with Crippen LogP contribution >= 0.6 is 0 Å². The van der Waals surface area contributed by atoms with Crippen LogP contribution in [0.15, 0.2) is 72.8 Å². The van der Waals surface area contributed by atoms with Gasteiger partial charge in [0.15, 0.2) is 6.61 Å². The van der Waals surface area contributed by atoms with Gasteiger partial charge in [0.05, 0.1) is 24.2 Å². The molecule has 9 heteroatoms. The van der Waals surface area contributed by atoms with Gasteiger partial charge in [0.2, 0.25) is 10.0 Å². The number of benzene rings is 3. The summed E-state index contributed by atoms with van der Waals surface area (Å²) in [7, 11) is -3.53. The maximum absolute atomic E-state index is 13.6. The second-order valence-electron chi connectivity index (χ2n) is 6.71. The minimum absolute atomic E-state index is 0.168. The van der Waals surface area contributed by atoms with Gasteiger partial charge in [-0.15, -0.1) is 0 Å². The topological polar surface area (TPSA) is 75.7 Å². The average Bonchev–Trinajstić information content (AvgIpc) is 2.74. The quantitative estimate of drug-likeness (QED) is 0.569. The molecule has 0 heterocycles. The normalized spacial score (nSPS) is 11.1. The fraction of sp³-hybridized carbons (Fsp3) is 0.136. The van der Waals surface area contributed by atoms with Crippen molar-refractivity contribution < 1.29 is 26.7 Å². The molecule has 0 saturated carbocycles. The van der Waals surface area contributed by atoms with E-state index in [4.69, 9.17) is 4.74 Å². The van der Waals surface area contributed by atoms with Crippen LogP contribution in [-0.4, -0.2) is 27.2 Å². The third-order valence-corrected chi connectivity index (χ3v) is 5.41. The lowest BCUT2D eigenvalue weighted by Crippen LogP contribution is -2.29. The molecule has 0 fully saturated rings. The Morgan fingerprint density at radius 3 is 2.32 bits per heavy atom. The Bertz CT molecular complexity index is 1150. The molecule has 0 aliphatic carbocycles. The minimum atomic E-state index is -3.53. The molecule has 0 bridgehead atoms. The van der Waals surface area contributed by atoms with Crippen molar-refractivity contribution in [3.8, 4) is 5.75 Å². The second-order valence-corrected chi connectivity index (χ2v) is 8.62. The largest absolute Gasteiger partial charge is 0.484 e. The van der Waals surface area contributed by atoms with E-state index < -0.39 is 34.2 Å². The lowest BCUT2D eigenvalue weighted by Gasteiger charge is -2.22. The maximum Gasteiger partial charge on any atom is 0.262 e. The highest BCUT2D eigenvalue weighted by Crippen LogP contribution is 2.24. The van der Waals surface area contributed by atoms with Crippen LogP contribution in [0.3, 0.4) is 0 Å². The Hall–Kier alpha value is -3.46. The van der Waals surface area contributed by atoms with E-state index in [1.165, 1.54) is 16.4 Å². The summed E-state index contributed by atoms with van der Waals surface area (Å²) >= 11 is 0. The van der Waals surface area contributed by atoms with Gasteiger partial charge in [-0.05, 0) is 42.0 Å². The zero-order chi connectivity index (χ0) is 22.4. The highest BCUT2D eigenvalue weighted by atomic mass is 32.2. The summed E-state index contributed by atoms with van der Waals surface area (Å²) in [5.41, 5.74) is 0.980. The minimum Gasteiger partial charge on any atom is -0.484 e. The van der Waals surface area contributed by atoms with Gasteiger partial charge in [-0.3, -0.25) is 9.10 Å². The van der Waals surface area contributed by atoms with E-state index in [1.807, 2.05) is 30.3 Å². The molecule has 162 valence electrons. The Labute approximate surface area is 179 Å². The number of amides is 1. The molecule has 0 atom stereocenters. The Kier molecular flexibility index (Phi) is 6.86. The molecular formula is C22H20F2N2O4S. The molecule has 0 radical (unpaired) electrons. The van der Waals surface area contributed by atoms with Gasteiger partial charge in [-0.1, -0.05) is 30.3 Å². The number of sulfonamides is 1. The summed E-state index contributed by atoms with van der Waals surface area (Å²) in [4.78, 5) is 11.9. The number of anilines is 2. The van der Waals surface area contributed by atoms with E-state index in [1.54, 1.807) is 12.1 Å². The lowest BCUT2D eigenvalue weighted by molar-refractivity contribution is -0.118. The molecule has 0 aromatic heterocycles. The molecule has 31 heavy (non-hydrogen) atoms. The van der Waals surface area contributed by atoms with E-state index in [-0.39, 0.29) is 12.2 Å². The maximum atomic E-state index is 13.6. The fourth-order valence-electron chi connectivity index (χ4n) is 2.79. The highest BCUT2D eigenvalue weighted by Gasteiger charge is 2.18. The highest BCUT2D eigenvalue weighted by molar-refractivity contribution is 7.92. The summed E-state index contributed by atoms with van der Waals surface area (Å²) < 4.78 is 57.9.